The first-order valence-electron chi connectivity index (χ1n) is 11.3. The normalized spacial score (nSPS) is 18.4. The van der Waals surface area contributed by atoms with Gasteiger partial charge >= 0.3 is 0 Å². The van der Waals surface area contributed by atoms with E-state index in [0.717, 1.165) is 43.7 Å². The van der Waals surface area contributed by atoms with Crippen LogP contribution in [0.4, 0.5) is 17.6 Å². The van der Waals surface area contributed by atoms with Crippen LogP contribution in [0.2, 0.25) is 0 Å². The van der Waals surface area contributed by atoms with E-state index in [9.17, 15) is 17.6 Å². The molecule has 0 aliphatic heterocycles. The molecule has 0 aromatic heterocycles. The minimum atomic E-state index is -0.949. The van der Waals surface area contributed by atoms with Gasteiger partial charge in [-0.15, -0.1) is 0 Å². The van der Waals surface area contributed by atoms with Crippen molar-refractivity contribution in [2.45, 2.75) is 57.8 Å². The second-order valence-corrected chi connectivity index (χ2v) is 8.80. The maximum atomic E-state index is 14.7. The van der Waals surface area contributed by atoms with Crippen molar-refractivity contribution in [3.05, 3.63) is 82.4 Å². The Morgan fingerprint density at radius 1 is 0.750 bits per heavy atom. The summed E-state index contributed by atoms with van der Waals surface area (Å²) in [5.74, 6) is 3.07. The van der Waals surface area contributed by atoms with E-state index in [2.05, 4.69) is 18.8 Å². The van der Waals surface area contributed by atoms with Gasteiger partial charge in [0.25, 0.3) is 0 Å². The fraction of sp³-hybridized carbons (Fsp3) is 0.357. The van der Waals surface area contributed by atoms with Crippen LogP contribution in [-0.2, 0) is 0 Å². The van der Waals surface area contributed by atoms with Crippen molar-refractivity contribution >= 4 is 10.8 Å². The van der Waals surface area contributed by atoms with Crippen LogP contribution in [0.5, 0.6) is 0 Å². The summed E-state index contributed by atoms with van der Waals surface area (Å²) in [4.78, 5) is 0. The molecule has 0 atom stereocenters. The summed E-state index contributed by atoms with van der Waals surface area (Å²) in [5.41, 5.74) is 0.912. The Morgan fingerprint density at radius 3 is 2.06 bits per heavy atom. The van der Waals surface area contributed by atoms with Crippen molar-refractivity contribution in [1.29, 1.82) is 0 Å². The van der Waals surface area contributed by atoms with Crippen LogP contribution >= 0.6 is 0 Å². The molecule has 3 aromatic carbocycles. The van der Waals surface area contributed by atoms with Gasteiger partial charge in [-0.25, -0.2) is 17.6 Å². The number of unbranched alkanes of at least 4 members (excludes halogenated alkanes) is 1. The molecule has 1 aliphatic rings. The van der Waals surface area contributed by atoms with Crippen LogP contribution < -0.4 is 0 Å². The Balaban J connectivity index is 1.52. The lowest BCUT2D eigenvalue weighted by atomic mass is 9.77. The molecule has 4 heteroatoms. The van der Waals surface area contributed by atoms with Crippen molar-refractivity contribution in [3.63, 3.8) is 0 Å². The Kier molecular flexibility index (Phi) is 6.84. The first kappa shape index (κ1) is 22.4. The van der Waals surface area contributed by atoms with Crippen LogP contribution in [0, 0.1) is 41.0 Å². The summed E-state index contributed by atoms with van der Waals surface area (Å²) in [6, 6.07) is 9.83. The predicted octanol–water partition coefficient (Wildman–Crippen LogP) is 8.26. The highest BCUT2D eigenvalue weighted by molar-refractivity contribution is 5.84. The molecule has 0 bridgehead atoms. The van der Waals surface area contributed by atoms with E-state index < -0.39 is 23.3 Å². The quantitative estimate of drug-likeness (QED) is 0.284. The van der Waals surface area contributed by atoms with Gasteiger partial charge in [-0.3, -0.25) is 0 Å². The van der Waals surface area contributed by atoms with Crippen LogP contribution in [0.15, 0.2) is 42.5 Å². The lowest BCUT2D eigenvalue weighted by Crippen LogP contribution is -2.14. The van der Waals surface area contributed by atoms with Crippen molar-refractivity contribution in [2.24, 2.45) is 5.92 Å². The van der Waals surface area contributed by atoms with Crippen LogP contribution in [0.1, 0.15) is 74.5 Å². The molecule has 166 valence electrons. The van der Waals surface area contributed by atoms with Gasteiger partial charge in [-0.1, -0.05) is 44.1 Å². The standard InChI is InChI=1S/C28H26F4/c1-2-3-4-18-5-9-20(10-6-18)23-15-25(29)24(26(30)16-23)12-8-19-7-11-21-14-27(31)28(32)17-22(21)13-19/h7,11,13-18,20H,2-6,9-10H2,1H3. The van der Waals surface area contributed by atoms with E-state index in [4.69, 9.17) is 0 Å². The van der Waals surface area contributed by atoms with Gasteiger partial charge in [-0.2, -0.15) is 0 Å². The summed E-state index contributed by atoms with van der Waals surface area (Å²) in [6.45, 7) is 2.20. The van der Waals surface area contributed by atoms with Crippen LogP contribution in [0.3, 0.4) is 0 Å². The highest BCUT2D eigenvalue weighted by Gasteiger charge is 2.23. The monoisotopic (exact) mass is 438 g/mol. The zero-order valence-corrected chi connectivity index (χ0v) is 18.2. The maximum Gasteiger partial charge on any atom is 0.159 e. The van der Waals surface area contributed by atoms with Crippen molar-refractivity contribution < 1.29 is 17.6 Å². The Labute approximate surface area is 186 Å². The number of benzene rings is 3. The average molecular weight is 439 g/mol. The van der Waals surface area contributed by atoms with Gasteiger partial charge in [0.1, 0.15) is 11.6 Å². The summed E-state index contributed by atoms with van der Waals surface area (Å²) < 4.78 is 56.3. The lowest BCUT2D eigenvalue weighted by Gasteiger charge is -2.29. The third kappa shape index (κ3) is 4.99. The number of halogens is 4. The highest BCUT2D eigenvalue weighted by atomic mass is 19.2. The van der Waals surface area contributed by atoms with E-state index in [1.165, 1.54) is 31.4 Å². The van der Waals surface area contributed by atoms with E-state index in [1.807, 2.05) is 0 Å². The summed E-state index contributed by atoms with van der Waals surface area (Å²) in [5, 5.41) is 1.00. The number of hydrogen-bond acceptors (Lipinski definition) is 0. The minimum Gasteiger partial charge on any atom is -0.206 e. The molecule has 0 spiro atoms. The first-order valence-corrected chi connectivity index (χ1v) is 11.3. The van der Waals surface area contributed by atoms with Gasteiger partial charge in [0.2, 0.25) is 0 Å². The maximum absolute atomic E-state index is 14.7. The fourth-order valence-electron chi connectivity index (χ4n) is 4.68. The molecule has 1 fully saturated rings. The first-order chi connectivity index (χ1) is 15.4. The molecule has 0 N–H and O–H groups in total. The van der Waals surface area contributed by atoms with Gasteiger partial charge < -0.3 is 0 Å². The molecule has 1 aliphatic carbocycles. The smallest absolute Gasteiger partial charge is 0.159 e. The second kappa shape index (κ2) is 9.77. The molecule has 1 saturated carbocycles. The number of hydrogen-bond donors (Lipinski definition) is 0. The van der Waals surface area contributed by atoms with Crippen molar-refractivity contribution in [1.82, 2.24) is 0 Å². The summed E-state index contributed by atoms with van der Waals surface area (Å²) >= 11 is 0. The zero-order chi connectivity index (χ0) is 22.7. The van der Waals surface area contributed by atoms with Gasteiger partial charge in [0.15, 0.2) is 11.6 Å². The predicted molar refractivity (Wildman–Crippen MR) is 120 cm³/mol. The molecule has 32 heavy (non-hydrogen) atoms. The number of rotatable bonds is 4. The van der Waals surface area contributed by atoms with E-state index >= 15 is 0 Å². The molecule has 0 radical (unpaired) electrons. The second-order valence-electron chi connectivity index (χ2n) is 8.80. The summed E-state index contributed by atoms with van der Waals surface area (Å²) in [7, 11) is 0. The Bertz CT molecular complexity index is 1150. The summed E-state index contributed by atoms with van der Waals surface area (Å²) in [6.07, 6.45) is 7.85. The molecule has 0 nitrogen and oxygen atoms in total. The SMILES string of the molecule is CCCCC1CCC(c2cc(F)c(C#Cc3ccc4cc(F)c(F)cc4c3)c(F)c2)CC1. The van der Waals surface area contributed by atoms with Crippen molar-refractivity contribution in [2.75, 3.05) is 0 Å². The molecule has 0 unspecified atom stereocenters. The molecule has 0 heterocycles. The molecule has 0 saturated heterocycles. The van der Waals surface area contributed by atoms with Gasteiger partial charge in [0, 0.05) is 5.56 Å². The topological polar surface area (TPSA) is 0 Å². The molecule has 3 aromatic rings. The highest BCUT2D eigenvalue weighted by Crippen LogP contribution is 2.38. The van der Waals surface area contributed by atoms with E-state index in [-0.39, 0.29) is 11.5 Å². The lowest BCUT2D eigenvalue weighted by molar-refractivity contribution is 0.303. The van der Waals surface area contributed by atoms with Crippen molar-refractivity contribution in [3.8, 4) is 11.8 Å². The average Bonchev–Trinajstić information content (AvgIpc) is 2.78. The van der Waals surface area contributed by atoms with E-state index in [1.54, 1.807) is 18.2 Å². The molecule has 0 amide bonds. The Morgan fingerprint density at radius 2 is 1.41 bits per heavy atom. The molecule has 4 rings (SSSR count). The third-order valence-electron chi connectivity index (χ3n) is 6.56. The Hall–Kier alpha value is -2.80. The zero-order valence-electron chi connectivity index (χ0n) is 18.2. The van der Waals surface area contributed by atoms with E-state index in [0.29, 0.717) is 21.9 Å². The fourth-order valence-corrected chi connectivity index (χ4v) is 4.68. The largest absolute Gasteiger partial charge is 0.206 e. The molecular formula is C28H26F4. The van der Waals surface area contributed by atoms with Gasteiger partial charge in [-0.05, 0) is 90.3 Å². The van der Waals surface area contributed by atoms with Crippen LogP contribution in [-0.4, -0.2) is 0 Å². The third-order valence-corrected chi connectivity index (χ3v) is 6.56. The number of fused-ring (bicyclic) bond motifs is 1. The van der Waals surface area contributed by atoms with Crippen LogP contribution in [0.25, 0.3) is 10.8 Å². The minimum absolute atomic E-state index is 0.190. The molecular weight excluding hydrogens is 412 g/mol. The van der Waals surface area contributed by atoms with Gasteiger partial charge in [0.05, 0.1) is 5.56 Å².